The van der Waals surface area contributed by atoms with Gasteiger partial charge < -0.3 is 0 Å². The lowest BCUT2D eigenvalue weighted by Crippen LogP contribution is -1.98. The molecule has 0 N–H and O–H groups in total. The van der Waals surface area contributed by atoms with Gasteiger partial charge in [0.15, 0.2) is 0 Å². The summed E-state index contributed by atoms with van der Waals surface area (Å²) in [6.45, 7) is 1.90. The molecule has 2 aromatic heterocycles. The second-order valence-corrected chi connectivity index (χ2v) is 5.49. The average molecular weight is 311 g/mol. The Bertz CT molecular complexity index is 1090. The predicted octanol–water partition coefficient (Wildman–Crippen LogP) is 3.64. The number of imidazole rings is 1. The number of rotatable bonds is 2. The third-order valence-electron chi connectivity index (χ3n) is 3.86. The minimum Gasteiger partial charge on any atom is -0.218 e. The third-order valence-corrected chi connectivity index (χ3v) is 3.86. The summed E-state index contributed by atoms with van der Waals surface area (Å²) in [4.78, 5) is 8.59. The van der Waals surface area contributed by atoms with E-state index in [-0.39, 0.29) is 0 Å². The van der Waals surface area contributed by atoms with Gasteiger partial charge in [-0.25, -0.2) is 9.97 Å². The van der Waals surface area contributed by atoms with E-state index < -0.39 is 0 Å². The second-order valence-electron chi connectivity index (χ2n) is 5.49. The first-order chi connectivity index (χ1) is 11.8. The first kappa shape index (κ1) is 14.1. The van der Waals surface area contributed by atoms with Crippen LogP contribution in [0.15, 0.2) is 60.9 Å². The average Bonchev–Trinajstić information content (AvgIpc) is 3.05. The molecule has 5 heteroatoms. The summed E-state index contributed by atoms with van der Waals surface area (Å²) in [6, 6.07) is 17.9. The molecule has 4 aromatic rings. The zero-order valence-corrected chi connectivity index (χ0v) is 13.0. The Labute approximate surface area is 138 Å². The number of nitrogens with zero attached hydrogens (tertiary/aromatic N) is 5. The van der Waals surface area contributed by atoms with Gasteiger partial charge in [-0.3, -0.25) is 0 Å². The van der Waals surface area contributed by atoms with Crippen LogP contribution in [0.25, 0.3) is 28.2 Å². The van der Waals surface area contributed by atoms with E-state index in [2.05, 4.69) is 21.1 Å². The normalized spacial score (nSPS) is 10.7. The molecule has 0 fully saturated rings. The largest absolute Gasteiger partial charge is 0.251 e. The molecule has 2 aromatic carbocycles. The number of benzene rings is 2. The molecule has 0 saturated heterocycles. The van der Waals surface area contributed by atoms with E-state index in [1.54, 1.807) is 16.9 Å². The first-order valence-corrected chi connectivity index (χ1v) is 7.53. The Morgan fingerprint density at radius 1 is 0.958 bits per heavy atom. The zero-order valence-electron chi connectivity index (χ0n) is 13.0. The van der Waals surface area contributed by atoms with Crippen LogP contribution in [0.5, 0.6) is 0 Å². The molecule has 0 aliphatic rings. The molecule has 0 spiro atoms. The van der Waals surface area contributed by atoms with Gasteiger partial charge in [0.25, 0.3) is 5.78 Å². The predicted molar refractivity (Wildman–Crippen MR) is 91.1 cm³/mol. The number of nitriles is 1. The van der Waals surface area contributed by atoms with E-state index in [0.717, 1.165) is 28.1 Å². The maximum absolute atomic E-state index is 9.32. The van der Waals surface area contributed by atoms with Gasteiger partial charge in [0, 0.05) is 5.56 Å². The number of fused-ring (bicyclic) bond motifs is 1. The van der Waals surface area contributed by atoms with Crippen LogP contribution < -0.4 is 0 Å². The van der Waals surface area contributed by atoms with Gasteiger partial charge in [0.05, 0.1) is 35.4 Å². The Kier molecular flexibility index (Phi) is 3.29. The van der Waals surface area contributed by atoms with Gasteiger partial charge in [0.1, 0.15) is 0 Å². The molecule has 0 amide bonds. The van der Waals surface area contributed by atoms with Gasteiger partial charge in [-0.05, 0) is 30.2 Å². The highest BCUT2D eigenvalue weighted by atomic mass is 15.3. The number of hydrogen-bond donors (Lipinski definition) is 0. The lowest BCUT2D eigenvalue weighted by atomic mass is 9.98. The molecule has 5 nitrogen and oxygen atoms in total. The van der Waals surface area contributed by atoms with E-state index in [0.29, 0.717) is 11.3 Å². The monoisotopic (exact) mass is 311 g/mol. The summed E-state index contributed by atoms with van der Waals surface area (Å²) in [5.41, 5.74) is 5.24. The highest BCUT2D eigenvalue weighted by Crippen LogP contribution is 2.28. The zero-order chi connectivity index (χ0) is 16.5. The van der Waals surface area contributed by atoms with Gasteiger partial charge in [-0.2, -0.15) is 14.9 Å². The quantitative estimate of drug-likeness (QED) is 0.567. The fourth-order valence-corrected chi connectivity index (χ4v) is 2.73. The lowest BCUT2D eigenvalue weighted by molar-refractivity contribution is 0.874. The Morgan fingerprint density at radius 3 is 2.62 bits per heavy atom. The molecule has 4 rings (SSSR count). The van der Waals surface area contributed by atoms with Crippen LogP contribution in [-0.4, -0.2) is 19.6 Å². The molecule has 2 heterocycles. The molecule has 114 valence electrons. The standard InChI is InChI=1S/C19H13N5/c1-13-11-21-19-22-12-18(24(19)23-13)15-7-4-6-14(9-15)17-8-3-2-5-16(17)10-20/h2-9,11-12H,1H3. The fourth-order valence-electron chi connectivity index (χ4n) is 2.73. The summed E-state index contributed by atoms with van der Waals surface area (Å²) in [5, 5.41) is 13.8. The summed E-state index contributed by atoms with van der Waals surface area (Å²) in [7, 11) is 0. The van der Waals surface area contributed by atoms with E-state index in [1.165, 1.54) is 0 Å². The van der Waals surface area contributed by atoms with E-state index in [9.17, 15) is 5.26 Å². The van der Waals surface area contributed by atoms with Crippen molar-refractivity contribution in [3.8, 4) is 28.5 Å². The maximum Gasteiger partial charge on any atom is 0.251 e. The highest BCUT2D eigenvalue weighted by Gasteiger charge is 2.10. The topological polar surface area (TPSA) is 66.9 Å². The molecule has 0 unspecified atom stereocenters. The number of hydrogen-bond acceptors (Lipinski definition) is 4. The Morgan fingerprint density at radius 2 is 1.75 bits per heavy atom. The lowest BCUT2D eigenvalue weighted by Gasteiger charge is -2.07. The van der Waals surface area contributed by atoms with Crippen molar-refractivity contribution >= 4 is 5.78 Å². The second kappa shape index (κ2) is 5.60. The van der Waals surface area contributed by atoms with Crippen LogP contribution in [0, 0.1) is 18.3 Å². The Hall–Kier alpha value is -3.52. The SMILES string of the molecule is Cc1cnc2ncc(-c3cccc(-c4ccccc4C#N)c3)n2n1. The fraction of sp³-hybridized carbons (Fsp3) is 0.0526. The van der Waals surface area contributed by atoms with Crippen molar-refractivity contribution in [2.75, 3.05) is 0 Å². The van der Waals surface area contributed by atoms with Crippen molar-refractivity contribution in [3.63, 3.8) is 0 Å². The molecule has 0 saturated carbocycles. The van der Waals surface area contributed by atoms with Crippen LogP contribution in [0.2, 0.25) is 0 Å². The maximum atomic E-state index is 9.32. The van der Waals surface area contributed by atoms with E-state index in [1.807, 2.05) is 55.5 Å². The van der Waals surface area contributed by atoms with Crippen molar-refractivity contribution in [3.05, 3.63) is 72.2 Å². The Balaban J connectivity index is 1.89. The van der Waals surface area contributed by atoms with Crippen molar-refractivity contribution < 1.29 is 0 Å². The van der Waals surface area contributed by atoms with Crippen LogP contribution in [0.3, 0.4) is 0 Å². The highest BCUT2D eigenvalue weighted by molar-refractivity contribution is 5.75. The smallest absolute Gasteiger partial charge is 0.218 e. The van der Waals surface area contributed by atoms with Gasteiger partial charge in [0.2, 0.25) is 0 Å². The van der Waals surface area contributed by atoms with Gasteiger partial charge in [-0.1, -0.05) is 36.4 Å². The van der Waals surface area contributed by atoms with Crippen molar-refractivity contribution in [1.82, 2.24) is 19.6 Å². The molecule has 0 bridgehead atoms. The van der Waals surface area contributed by atoms with Crippen molar-refractivity contribution in [1.29, 1.82) is 5.26 Å². The van der Waals surface area contributed by atoms with E-state index >= 15 is 0 Å². The summed E-state index contributed by atoms with van der Waals surface area (Å²) in [5.74, 6) is 0.568. The number of aromatic nitrogens is 4. The molecule has 24 heavy (non-hydrogen) atoms. The molecular weight excluding hydrogens is 298 g/mol. The minimum absolute atomic E-state index is 0.568. The van der Waals surface area contributed by atoms with Gasteiger partial charge >= 0.3 is 0 Å². The molecule has 0 aliphatic heterocycles. The van der Waals surface area contributed by atoms with Crippen molar-refractivity contribution in [2.45, 2.75) is 6.92 Å². The van der Waals surface area contributed by atoms with Crippen LogP contribution in [-0.2, 0) is 0 Å². The summed E-state index contributed by atoms with van der Waals surface area (Å²) < 4.78 is 1.74. The molecule has 0 aliphatic carbocycles. The van der Waals surface area contributed by atoms with Gasteiger partial charge in [-0.15, -0.1) is 0 Å². The minimum atomic E-state index is 0.568. The van der Waals surface area contributed by atoms with Crippen LogP contribution >= 0.6 is 0 Å². The number of aryl methyl sites for hydroxylation is 1. The van der Waals surface area contributed by atoms with Crippen LogP contribution in [0.1, 0.15) is 11.3 Å². The summed E-state index contributed by atoms with van der Waals surface area (Å²) in [6.07, 6.45) is 3.47. The van der Waals surface area contributed by atoms with E-state index in [4.69, 9.17) is 0 Å². The molecule has 0 radical (unpaired) electrons. The third kappa shape index (κ3) is 2.31. The molecule has 0 atom stereocenters. The van der Waals surface area contributed by atoms with Crippen molar-refractivity contribution in [2.24, 2.45) is 0 Å². The summed E-state index contributed by atoms with van der Waals surface area (Å²) >= 11 is 0. The first-order valence-electron chi connectivity index (χ1n) is 7.53. The molecular formula is C19H13N5. The van der Waals surface area contributed by atoms with Crippen LogP contribution in [0.4, 0.5) is 0 Å².